The molecule has 1 aromatic carbocycles. The van der Waals surface area contributed by atoms with Gasteiger partial charge in [-0.15, -0.1) is 11.6 Å². The standard InChI is InChI=1S/C10H7Cl2FO3/c1-16-10(15)9(14)8(12)7-5(11)3-2-4-6(7)13/h2-4,8H,1H3. The molecule has 0 spiro atoms. The third-order valence-electron chi connectivity index (χ3n) is 1.87. The second kappa shape index (κ2) is 5.27. The molecule has 0 N–H and O–H groups in total. The van der Waals surface area contributed by atoms with Crippen LogP contribution in [0.2, 0.25) is 5.02 Å². The second-order valence-electron chi connectivity index (χ2n) is 2.85. The summed E-state index contributed by atoms with van der Waals surface area (Å²) in [5, 5.41) is -1.50. The van der Waals surface area contributed by atoms with E-state index >= 15 is 0 Å². The maximum Gasteiger partial charge on any atom is 0.376 e. The Morgan fingerprint density at radius 1 is 1.44 bits per heavy atom. The number of hydrogen-bond donors (Lipinski definition) is 0. The number of alkyl halides is 1. The van der Waals surface area contributed by atoms with Crippen molar-refractivity contribution >= 4 is 35.0 Å². The van der Waals surface area contributed by atoms with Crippen molar-refractivity contribution in [2.24, 2.45) is 0 Å². The molecule has 0 heterocycles. The Morgan fingerprint density at radius 3 is 2.56 bits per heavy atom. The van der Waals surface area contributed by atoms with E-state index in [1.807, 2.05) is 0 Å². The van der Waals surface area contributed by atoms with Gasteiger partial charge in [-0.25, -0.2) is 9.18 Å². The maximum atomic E-state index is 13.4. The van der Waals surface area contributed by atoms with Crippen molar-refractivity contribution in [3.8, 4) is 0 Å². The topological polar surface area (TPSA) is 43.4 Å². The number of halogens is 3. The van der Waals surface area contributed by atoms with Crippen molar-refractivity contribution < 1.29 is 18.7 Å². The van der Waals surface area contributed by atoms with Gasteiger partial charge in [0.1, 0.15) is 11.2 Å². The molecule has 0 aliphatic heterocycles. The Bertz CT molecular complexity index is 414. The number of methoxy groups -OCH3 is 1. The lowest BCUT2D eigenvalue weighted by molar-refractivity contribution is -0.151. The zero-order chi connectivity index (χ0) is 12.3. The van der Waals surface area contributed by atoms with Crippen molar-refractivity contribution in [2.45, 2.75) is 5.38 Å². The summed E-state index contributed by atoms with van der Waals surface area (Å²) in [5.74, 6) is -2.94. The minimum absolute atomic E-state index is 0.0164. The smallest absolute Gasteiger partial charge is 0.376 e. The second-order valence-corrected chi connectivity index (χ2v) is 3.70. The van der Waals surface area contributed by atoms with Gasteiger partial charge in [-0.3, -0.25) is 4.79 Å². The van der Waals surface area contributed by atoms with Gasteiger partial charge in [0.15, 0.2) is 0 Å². The molecule has 3 nitrogen and oxygen atoms in total. The zero-order valence-electron chi connectivity index (χ0n) is 8.17. The first-order valence-electron chi connectivity index (χ1n) is 4.19. The molecular weight excluding hydrogens is 258 g/mol. The van der Waals surface area contributed by atoms with Gasteiger partial charge in [0, 0.05) is 10.6 Å². The van der Waals surface area contributed by atoms with Crippen LogP contribution in [0.1, 0.15) is 10.9 Å². The van der Waals surface area contributed by atoms with E-state index in [1.165, 1.54) is 12.1 Å². The van der Waals surface area contributed by atoms with Crippen LogP contribution in [0.3, 0.4) is 0 Å². The lowest BCUT2D eigenvalue weighted by Gasteiger charge is -2.10. The number of esters is 1. The summed E-state index contributed by atoms with van der Waals surface area (Å²) in [6, 6.07) is 3.84. The van der Waals surface area contributed by atoms with E-state index in [9.17, 15) is 14.0 Å². The van der Waals surface area contributed by atoms with E-state index in [2.05, 4.69) is 4.74 Å². The minimum atomic E-state index is -1.49. The Balaban J connectivity index is 3.10. The van der Waals surface area contributed by atoms with Gasteiger partial charge in [-0.2, -0.15) is 0 Å². The number of carbonyl (C=O) groups is 2. The molecule has 0 amide bonds. The predicted octanol–water partition coefficient (Wildman–Crippen LogP) is 2.50. The number of benzene rings is 1. The average Bonchev–Trinajstić information content (AvgIpc) is 2.26. The number of rotatable bonds is 3. The predicted molar refractivity (Wildman–Crippen MR) is 57.0 cm³/mol. The van der Waals surface area contributed by atoms with Gasteiger partial charge < -0.3 is 4.74 Å². The molecule has 0 aliphatic rings. The highest BCUT2D eigenvalue weighted by molar-refractivity contribution is 6.48. The summed E-state index contributed by atoms with van der Waals surface area (Å²) in [6.07, 6.45) is 0. The minimum Gasteiger partial charge on any atom is -0.463 e. The van der Waals surface area contributed by atoms with E-state index in [4.69, 9.17) is 23.2 Å². The zero-order valence-corrected chi connectivity index (χ0v) is 9.68. The number of carbonyl (C=O) groups excluding carboxylic acids is 2. The third kappa shape index (κ3) is 2.51. The fourth-order valence-electron chi connectivity index (χ4n) is 1.09. The van der Waals surface area contributed by atoms with Crippen molar-refractivity contribution in [3.05, 3.63) is 34.6 Å². The quantitative estimate of drug-likeness (QED) is 0.479. The first-order valence-corrected chi connectivity index (χ1v) is 5.00. The van der Waals surface area contributed by atoms with Crippen LogP contribution in [-0.2, 0) is 14.3 Å². The van der Waals surface area contributed by atoms with Crippen LogP contribution in [0.5, 0.6) is 0 Å². The highest BCUT2D eigenvalue weighted by atomic mass is 35.5. The summed E-state index contributed by atoms with van der Waals surface area (Å²) < 4.78 is 17.6. The molecular formula is C10H7Cl2FO3. The molecule has 1 unspecified atom stereocenters. The Kier molecular flexibility index (Phi) is 4.26. The van der Waals surface area contributed by atoms with Gasteiger partial charge in [0.25, 0.3) is 5.78 Å². The molecule has 1 aromatic rings. The van der Waals surface area contributed by atoms with Crippen molar-refractivity contribution in [2.75, 3.05) is 7.11 Å². The average molecular weight is 265 g/mol. The van der Waals surface area contributed by atoms with E-state index in [-0.39, 0.29) is 10.6 Å². The molecule has 0 fully saturated rings. The van der Waals surface area contributed by atoms with Gasteiger partial charge in [0.05, 0.1) is 7.11 Å². The van der Waals surface area contributed by atoms with Crippen LogP contribution in [0.25, 0.3) is 0 Å². The van der Waals surface area contributed by atoms with Gasteiger partial charge in [0.2, 0.25) is 0 Å². The van der Waals surface area contributed by atoms with Crippen molar-refractivity contribution in [1.29, 1.82) is 0 Å². The maximum absolute atomic E-state index is 13.4. The molecule has 86 valence electrons. The molecule has 1 rings (SSSR count). The Hall–Kier alpha value is -1.13. The monoisotopic (exact) mass is 264 g/mol. The van der Waals surface area contributed by atoms with Crippen LogP contribution >= 0.6 is 23.2 Å². The fraction of sp³-hybridized carbons (Fsp3) is 0.200. The van der Waals surface area contributed by atoms with Crippen molar-refractivity contribution in [1.82, 2.24) is 0 Å². The van der Waals surface area contributed by atoms with Crippen LogP contribution in [0.4, 0.5) is 4.39 Å². The largest absolute Gasteiger partial charge is 0.463 e. The molecule has 0 radical (unpaired) electrons. The normalized spacial score (nSPS) is 12.0. The molecule has 0 aromatic heterocycles. The van der Waals surface area contributed by atoms with E-state index in [0.717, 1.165) is 13.2 Å². The van der Waals surface area contributed by atoms with E-state index in [0.29, 0.717) is 0 Å². The lowest BCUT2D eigenvalue weighted by atomic mass is 10.1. The van der Waals surface area contributed by atoms with Gasteiger partial charge in [-0.1, -0.05) is 17.7 Å². The van der Waals surface area contributed by atoms with Crippen LogP contribution in [0.15, 0.2) is 18.2 Å². The Morgan fingerprint density at radius 2 is 2.06 bits per heavy atom. The third-order valence-corrected chi connectivity index (χ3v) is 2.62. The Labute approximate surface area is 101 Å². The van der Waals surface area contributed by atoms with Crippen LogP contribution in [-0.4, -0.2) is 18.9 Å². The molecule has 1 atom stereocenters. The SMILES string of the molecule is COC(=O)C(=O)C(Cl)c1c(F)cccc1Cl. The number of ether oxygens (including phenoxy) is 1. The summed E-state index contributed by atoms with van der Waals surface area (Å²) in [4.78, 5) is 22.3. The summed E-state index contributed by atoms with van der Waals surface area (Å²) in [7, 11) is 1.03. The number of ketones is 1. The summed E-state index contributed by atoms with van der Waals surface area (Å²) in [6.45, 7) is 0. The molecule has 0 bridgehead atoms. The number of Topliss-reactive ketones (excluding diaryl/α,β-unsaturated/α-hetero) is 1. The summed E-state index contributed by atoms with van der Waals surface area (Å²) >= 11 is 11.4. The summed E-state index contributed by atoms with van der Waals surface area (Å²) in [5.41, 5.74) is -0.221. The van der Waals surface area contributed by atoms with Gasteiger partial charge in [-0.05, 0) is 12.1 Å². The molecule has 16 heavy (non-hydrogen) atoms. The molecule has 0 saturated heterocycles. The highest BCUT2D eigenvalue weighted by Gasteiger charge is 2.29. The fourth-order valence-corrected chi connectivity index (χ4v) is 1.73. The lowest BCUT2D eigenvalue weighted by Crippen LogP contribution is -2.21. The first kappa shape index (κ1) is 12.9. The molecule has 0 aliphatic carbocycles. The molecule has 6 heteroatoms. The molecule has 0 saturated carbocycles. The first-order chi connectivity index (χ1) is 7.49. The van der Waals surface area contributed by atoms with Crippen molar-refractivity contribution in [3.63, 3.8) is 0 Å². The van der Waals surface area contributed by atoms with Crippen LogP contribution < -0.4 is 0 Å². The number of hydrogen-bond acceptors (Lipinski definition) is 3. The van der Waals surface area contributed by atoms with E-state index < -0.39 is 22.9 Å². The van der Waals surface area contributed by atoms with Crippen LogP contribution in [0, 0.1) is 5.82 Å². The van der Waals surface area contributed by atoms with Gasteiger partial charge >= 0.3 is 5.97 Å². The highest BCUT2D eigenvalue weighted by Crippen LogP contribution is 2.31. The van der Waals surface area contributed by atoms with E-state index in [1.54, 1.807) is 0 Å².